The highest BCUT2D eigenvalue weighted by molar-refractivity contribution is 5.89. The maximum absolute atomic E-state index is 13.7. The first-order chi connectivity index (χ1) is 13.7. The van der Waals surface area contributed by atoms with Crippen molar-refractivity contribution in [2.24, 2.45) is 0 Å². The van der Waals surface area contributed by atoms with Crippen molar-refractivity contribution in [2.75, 3.05) is 6.61 Å². The third-order valence-corrected chi connectivity index (χ3v) is 4.71. The summed E-state index contributed by atoms with van der Waals surface area (Å²) in [5.74, 6) is -2.66. The Morgan fingerprint density at radius 2 is 1.90 bits per heavy atom. The van der Waals surface area contributed by atoms with E-state index in [1.807, 2.05) is 4.98 Å². The zero-order chi connectivity index (χ0) is 20.8. The average Bonchev–Trinajstić information content (AvgIpc) is 3.16. The van der Waals surface area contributed by atoms with E-state index in [1.54, 1.807) is 44.2 Å². The van der Waals surface area contributed by atoms with Crippen molar-refractivity contribution >= 4 is 5.97 Å². The molecular formula is C19H19FN2O7. The molecule has 1 aromatic carbocycles. The minimum absolute atomic E-state index is 0.161. The summed E-state index contributed by atoms with van der Waals surface area (Å²) < 4.78 is 37.5. The molecule has 2 aromatic rings. The van der Waals surface area contributed by atoms with Crippen LogP contribution < -0.4 is 11.2 Å². The predicted molar refractivity (Wildman–Crippen MR) is 95.7 cm³/mol. The van der Waals surface area contributed by atoms with Crippen molar-refractivity contribution in [2.45, 2.75) is 44.2 Å². The number of carbonyl (C=O) groups is 1. The molecule has 1 N–H and O–H groups in total. The third kappa shape index (κ3) is 3.74. The smallest absolute Gasteiger partial charge is 0.338 e. The lowest BCUT2D eigenvalue weighted by atomic mass is 10.1. The summed E-state index contributed by atoms with van der Waals surface area (Å²) >= 11 is 0. The second kappa shape index (κ2) is 7.21. The maximum atomic E-state index is 13.7. The summed E-state index contributed by atoms with van der Waals surface area (Å²) in [4.78, 5) is 37.6. The Morgan fingerprint density at radius 3 is 2.62 bits per heavy atom. The number of nitrogens with one attached hydrogen (secondary N) is 1. The van der Waals surface area contributed by atoms with E-state index in [9.17, 15) is 18.8 Å². The number of rotatable bonds is 4. The Kier molecular flexibility index (Phi) is 4.85. The van der Waals surface area contributed by atoms with E-state index < -0.39 is 53.4 Å². The van der Waals surface area contributed by atoms with Crippen molar-refractivity contribution < 1.29 is 28.1 Å². The largest absolute Gasteiger partial charge is 0.459 e. The number of benzene rings is 1. The molecule has 4 unspecified atom stereocenters. The minimum atomic E-state index is -1.14. The van der Waals surface area contributed by atoms with Crippen LogP contribution in [0.4, 0.5) is 4.39 Å². The first kappa shape index (κ1) is 19.5. The van der Waals surface area contributed by atoms with Gasteiger partial charge >= 0.3 is 11.7 Å². The van der Waals surface area contributed by atoms with Gasteiger partial charge in [0.25, 0.3) is 5.56 Å². The minimum Gasteiger partial charge on any atom is -0.459 e. The SMILES string of the molecule is CC1(C)OC2C(COC(=O)c3ccccc3)OC(n3cc(F)c(=O)[nH]c3=O)C2O1. The van der Waals surface area contributed by atoms with Gasteiger partial charge in [0.1, 0.15) is 24.9 Å². The summed E-state index contributed by atoms with van der Waals surface area (Å²) in [5.41, 5.74) is -1.60. The lowest BCUT2D eigenvalue weighted by Crippen LogP contribution is -2.38. The van der Waals surface area contributed by atoms with E-state index in [4.69, 9.17) is 18.9 Å². The molecule has 4 atom stereocenters. The number of esters is 1. The van der Waals surface area contributed by atoms with Crippen LogP contribution in [0.2, 0.25) is 0 Å². The normalized spacial score (nSPS) is 27.6. The van der Waals surface area contributed by atoms with Crippen LogP contribution in [0.3, 0.4) is 0 Å². The standard InChI is InChI=1S/C19H19FN2O7/c1-19(2)28-13-12(9-26-17(24)10-6-4-3-5-7-10)27-16(14(13)29-19)22-8-11(20)15(23)21-18(22)25/h3-8,12-14,16H,9H2,1-2H3,(H,21,23,25). The van der Waals surface area contributed by atoms with Crippen molar-refractivity contribution in [3.63, 3.8) is 0 Å². The van der Waals surface area contributed by atoms with Crippen LogP contribution in [-0.4, -0.2) is 46.2 Å². The fourth-order valence-corrected chi connectivity index (χ4v) is 3.48. The third-order valence-electron chi connectivity index (χ3n) is 4.71. The summed E-state index contributed by atoms with van der Waals surface area (Å²) in [7, 11) is 0. The van der Waals surface area contributed by atoms with Crippen molar-refractivity contribution in [3.05, 3.63) is 68.7 Å². The van der Waals surface area contributed by atoms with Gasteiger partial charge in [-0.25, -0.2) is 9.59 Å². The Morgan fingerprint density at radius 1 is 1.21 bits per heavy atom. The zero-order valence-corrected chi connectivity index (χ0v) is 15.7. The van der Waals surface area contributed by atoms with Gasteiger partial charge in [-0.2, -0.15) is 4.39 Å². The molecule has 2 aliphatic heterocycles. The molecule has 0 bridgehead atoms. The van der Waals surface area contributed by atoms with Crippen LogP contribution >= 0.6 is 0 Å². The molecule has 2 fully saturated rings. The van der Waals surface area contributed by atoms with E-state index in [0.29, 0.717) is 5.56 Å². The highest BCUT2D eigenvalue weighted by atomic mass is 19.1. The molecule has 0 amide bonds. The summed E-state index contributed by atoms with van der Waals surface area (Å²) in [6.07, 6.45) is -2.51. The van der Waals surface area contributed by atoms with Gasteiger partial charge in [-0.05, 0) is 26.0 Å². The van der Waals surface area contributed by atoms with E-state index >= 15 is 0 Å². The summed E-state index contributed by atoms with van der Waals surface area (Å²) in [5, 5.41) is 0. The molecule has 0 saturated carbocycles. The quantitative estimate of drug-likeness (QED) is 0.753. The number of hydrogen-bond acceptors (Lipinski definition) is 7. The number of hydrogen-bond donors (Lipinski definition) is 1. The molecular weight excluding hydrogens is 387 g/mol. The van der Waals surface area contributed by atoms with Crippen LogP contribution in [0, 0.1) is 5.82 Å². The van der Waals surface area contributed by atoms with Crippen LogP contribution in [0.15, 0.2) is 46.1 Å². The first-order valence-electron chi connectivity index (χ1n) is 8.99. The number of aromatic nitrogens is 2. The molecule has 10 heteroatoms. The Bertz CT molecular complexity index is 1030. The average molecular weight is 406 g/mol. The van der Waals surface area contributed by atoms with Crippen LogP contribution in [-0.2, 0) is 18.9 Å². The highest BCUT2D eigenvalue weighted by Crippen LogP contribution is 2.42. The molecule has 0 aliphatic carbocycles. The van der Waals surface area contributed by atoms with Crippen LogP contribution in [0.1, 0.15) is 30.4 Å². The molecule has 4 rings (SSSR count). The van der Waals surface area contributed by atoms with Crippen molar-refractivity contribution in [3.8, 4) is 0 Å². The molecule has 154 valence electrons. The van der Waals surface area contributed by atoms with Gasteiger partial charge in [0, 0.05) is 0 Å². The van der Waals surface area contributed by atoms with Crippen LogP contribution in [0.25, 0.3) is 0 Å². The fourth-order valence-electron chi connectivity index (χ4n) is 3.48. The number of halogens is 1. The highest BCUT2D eigenvalue weighted by Gasteiger charge is 2.56. The number of H-pyrrole nitrogens is 1. The number of ether oxygens (including phenoxy) is 4. The van der Waals surface area contributed by atoms with Gasteiger partial charge in [-0.3, -0.25) is 14.3 Å². The molecule has 2 saturated heterocycles. The number of aromatic amines is 1. The zero-order valence-electron chi connectivity index (χ0n) is 15.7. The molecule has 1 aromatic heterocycles. The van der Waals surface area contributed by atoms with Gasteiger partial charge < -0.3 is 18.9 Å². The van der Waals surface area contributed by atoms with E-state index in [2.05, 4.69) is 0 Å². The molecule has 0 spiro atoms. The number of nitrogens with zero attached hydrogens (tertiary/aromatic N) is 1. The Balaban J connectivity index is 1.57. The second-order valence-corrected chi connectivity index (χ2v) is 7.24. The maximum Gasteiger partial charge on any atom is 0.338 e. The first-order valence-corrected chi connectivity index (χ1v) is 8.99. The summed E-state index contributed by atoms with van der Waals surface area (Å²) in [6.45, 7) is 3.21. The van der Waals surface area contributed by atoms with Gasteiger partial charge in [0.05, 0.1) is 11.8 Å². The van der Waals surface area contributed by atoms with Crippen molar-refractivity contribution in [1.82, 2.24) is 9.55 Å². The van der Waals surface area contributed by atoms with Crippen molar-refractivity contribution in [1.29, 1.82) is 0 Å². The van der Waals surface area contributed by atoms with Gasteiger partial charge in [0.15, 0.2) is 12.0 Å². The predicted octanol–water partition coefficient (Wildman–Crippen LogP) is 0.950. The fraction of sp³-hybridized carbons (Fsp3) is 0.421. The summed E-state index contributed by atoms with van der Waals surface area (Å²) in [6, 6.07) is 8.43. The van der Waals surface area contributed by atoms with E-state index in [1.165, 1.54) is 0 Å². The molecule has 2 aliphatic rings. The topological polar surface area (TPSA) is 109 Å². The van der Waals surface area contributed by atoms with Crippen LogP contribution in [0.5, 0.6) is 0 Å². The Labute approximate surface area is 164 Å². The molecule has 0 radical (unpaired) electrons. The lowest BCUT2D eigenvalue weighted by molar-refractivity contribution is -0.200. The lowest BCUT2D eigenvalue weighted by Gasteiger charge is -2.24. The van der Waals surface area contributed by atoms with Gasteiger partial charge in [-0.1, -0.05) is 18.2 Å². The molecule has 9 nitrogen and oxygen atoms in total. The van der Waals surface area contributed by atoms with E-state index in [-0.39, 0.29) is 6.61 Å². The number of fused-ring (bicyclic) bond motifs is 1. The monoisotopic (exact) mass is 406 g/mol. The Hall–Kier alpha value is -2.82. The molecule has 3 heterocycles. The van der Waals surface area contributed by atoms with E-state index in [0.717, 1.165) is 10.8 Å². The number of carbonyl (C=O) groups excluding carboxylic acids is 1. The van der Waals surface area contributed by atoms with Gasteiger partial charge in [0.2, 0.25) is 5.82 Å². The second-order valence-electron chi connectivity index (χ2n) is 7.24. The molecule has 29 heavy (non-hydrogen) atoms. The van der Waals surface area contributed by atoms with Gasteiger partial charge in [-0.15, -0.1) is 0 Å².